The maximum Gasteiger partial charge on any atom is 0.306 e. The number of carbonyl (C=O) groups is 1. The average Bonchev–Trinajstić information content (AvgIpc) is 2.19. The molecule has 0 bridgehead atoms. The van der Waals surface area contributed by atoms with Crippen molar-refractivity contribution in [2.45, 2.75) is 19.8 Å². The first-order valence-corrected chi connectivity index (χ1v) is 4.68. The summed E-state index contributed by atoms with van der Waals surface area (Å²) in [6.45, 7) is 3.38. The van der Waals surface area contributed by atoms with E-state index in [-0.39, 0.29) is 17.4 Å². The molecule has 0 saturated heterocycles. The first-order valence-electron chi connectivity index (χ1n) is 4.68. The molecule has 2 atom stereocenters. The summed E-state index contributed by atoms with van der Waals surface area (Å²) in [6.07, 6.45) is 0. The molecule has 0 spiro atoms. The second-order valence-corrected chi connectivity index (χ2v) is 3.66. The monoisotopic (exact) mass is 210 g/mol. The van der Waals surface area contributed by atoms with Gasteiger partial charge in [-0.2, -0.15) is 0 Å². The van der Waals surface area contributed by atoms with Crippen LogP contribution in [0.1, 0.15) is 25.3 Å². The number of carboxylic acids is 1. The van der Waals surface area contributed by atoms with Crippen LogP contribution in [0.15, 0.2) is 18.2 Å². The fraction of sp³-hybridized carbons (Fsp3) is 0.364. The van der Waals surface area contributed by atoms with E-state index in [4.69, 9.17) is 10.2 Å². The van der Waals surface area contributed by atoms with Crippen LogP contribution < -0.4 is 0 Å². The van der Waals surface area contributed by atoms with Crippen molar-refractivity contribution in [2.75, 3.05) is 0 Å². The van der Waals surface area contributed by atoms with Crippen LogP contribution >= 0.6 is 0 Å². The van der Waals surface area contributed by atoms with E-state index < -0.39 is 11.9 Å². The van der Waals surface area contributed by atoms with Crippen molar-refractivity contribution >= 4 is 5.97 Å². The summed E-state index contributed by atoms with van der Waals surface area (Å²) in [5.41, 5.74) is 0.695. The number of hydrogen-bond acceptors (Lipinski definition) is 3. The molecule has 0 radical (unpaired) electrons. The van der Waals surface area contributed by atoms with Crippen molar-refractivity contribution in [2.24, 2.45) is 5.92 Å². The highest BCUT2D eigenvalue weighted by Gasteiger charge is 2.21. The lowest BCUT2D eigenvalue weighted by molar-refractivity contribution is -0.141. The smallest absolute Gasteiger partial charge is 0.306 e. The Morgan fingerprint density at radius 1 is 1.20 bits per heavy atom. The molecule has 15 heavy (non-hydrogen) atoms. The second kappa shape index (κ2) is 4.21. The quantitative estimate of drug-likeness (QED) is 0.666. The van der Waals surface area contributed by atoms with Crippen molar-refractivity contribution in [3.63, 3.8) is 0 Å². The predicted octanol–water partition coefficient (Wildman–Crippen LogP) is 1.92. The Morgan fingerprint density at radius 3 is 2.27 bits per heavy atom. The van der Waals surface area contributed by atoms with Crippen LogP contribution in [-0.2, 0) is 4.79 Å². The Balaban J connectivity index is 2.96. The summed E-state index contributed by atoms with van der Waals surface area (Å²) in [7, 11) is 0. The SMILES string of the molecule is CC(C(=O)O)C(C)c1ccc(O)c(O)c1. The summed E-state index contributed by atoms with van der Waals surface area (Å²) in [6, 6.07) is 4.36. The number of phenols is 2. The zero-order valence-electron chi connectivity index (χ0n) is 8.64. The molecule has 4 heteroatoms. The molecule has 0 aliphatic heterocycles. The highest BCUT2D eigenvalue weighted by atomic mass is 16.4. The molecule has 2 unspecified atom stereocenters. The highest BCUT2D eigenvalue weighted by Crippen LogP contribution is 2.31. The average molecular weight is 210 g/mol. The van der Waals surface area contributed by atoms with E-state index in [0.717, 1.165) is 0 Å². The normalized spacial score (nSPS) is 14.5. The lowest BCUT2D eigenvalue weighted by atomic mass is 9.89. The third-order valence-corrected chi connectivity index (χ3v) is 2.66. The molecule has 0 saturated carbocycles. The van der Waals surface area contributed by atoms with Gasteiger partial charge < -0.3 is 15.3 Å². The van der Waals surface area contributed by atoms with Gasteiger partial charge in [-0.25, -0.2) is 0 Å². The van der Waals surface area contributed by atoms with Gasteiger partial charge in [0.15, 0.2) is 11.5 Å². The molecule has 1 aromatic rings. The molecule has 4 nitrogen and oxygen atoms in total. The fourth-order valence-electron chi connectivity index (χ4n) is 1.33. The van der Waals surface area contributed by atoms with Gasteiger partial charge in [-0.05, 0) is 23.6 Å². The van der Waals surface area contributed by atoms with Gasteiger partial charge in [0.25, 0.3) is 0 Å². The summed E-state index contributed by atoms with van der Waals surface area (Å²) in [5, 5.41) is 27.2. The molecule has 0 aliphatic rings. The van der Waals surface area contributed by atoms with E-state index in [1.165, 1.54) is 12.1 Å². The van der Waals surface area contributed by atoms with Crippen LogP contribution in [0, 0.1) is 5.92 Å². The zero-order chi connectivity index (χ0) is 11.6. The number of phenolic OH excluding ortho intramolecular Hbond substituents is 2. The van der Waals surface area contributed by atoms with Gasteiger partial charge in [-0.15, -0.1) is 0 Å². The zero-order valence-corrected chi connectivity index (χ0v) is 8.64. The Hall–Kier alpha value is -1.71. The van der Waals surface area contributed by atoms with E-state index in [9.17, 15) is 9.90 Å². The molecule has 1 aromatic carbocycles. The summed E-state index contributed by atoms with van der Waals surface area (Å²) < 4.78 is 0. The molecule has 0 aromatic heterocycles. The lowest BCUT2D eigenvalue weighted by Crippen LogP contribution is -2.16. The molecular formula is C11H14O4. The summed E-state index contributed by atoms with van der Waals surface area (Å²) in [4.78, 5) is 10.8. The van der Waals surface area contributed by atoms with Crippen LogP contribution in [0.5, 0.6) is 11.5 Å². The third kappa shape index (κ3) is 2.40. The van der Waals surface area contributed by atoms with Crippen LogP contribution in [0.3, 0.4) is 0 Å². The summed E-state index contributed by atoms with van der Waals surface area (Å²) in [5.74, 6) is -2.05. The number of hydrogen-bond donors (Lipinski definition) is 3. The lowest BCUT2D eigenvalue weighted by Gasteiger charge is -2.16. The number of benzene rings is 1. The van der Waals surface area contributed by atoms with Crippen LogP contribution in [0.2, 0.25) is 0 Å². The van der Waals surface area contributed by atoms with Gasteiger partial charge >= 0.3 is 5.97 Å². The van der Waals surface area contributed by atoms with Crippen molar-refractivity contribution < 1.29 is 20.1 Å². The minimum absolute atomic E-state index is 0.200. The molecule has 0 fully saturated rings. The van der Waals surface area contributed by atoms with Crippen molar-refractivity contribution in [3.8, 4) is 11.5 Å². The first kappa shape index (κ1) is 11.4. The maximum absolute atomic E-state index is 10.8. The number of rotatable bonds is 3. The highest BCUT2D eigenvalue weighted by molar-refractivity contribution is 5.70. The van der Waals surface area contributed by atoms with Gasteiger partial charge in [0, 0.05) is 0 Å². The van der Waals surface area contributed by atoms with Crippen LogP contribution in [-0.4, -0.2) is 21.3 Å². The van der Waals surface area contributed by atoms with Gasteiger partial charge in [0.2, 0.25) is 0 Å². The van der Waals surface area contributed by atoms with Gasteiger partial charge in [0.1, 0.15) is 0 Å². The minimum Gasteiger partial charge on any atom is -0.504 e. The number of carboxylic acid groups (broad SMARTS) is 1. The van der Waals surface area contributed by atoms with E-state index in [1.807, 2.05) is 0 Å². The molecule has 0 amide bonds. The molecule has 3 N–H and O–H groups in total. The second-order valence-electron chi connectivity index (χ2n) is 3.66. The maximum atomic E-state index is 10.8. The van der Waals surface area contributed by atoms with Crippen LogP contribution in [0.25, 0.3) is 0 Å². The van der Waals surface area contributed by atoms with Crippen molar-refractivity contribution in [1.29, 1.82) is 0 Å². The van der Waals surface area contributed by atoms with E-state index >= 15 is 0 Å². The Kier molecular flexibility index (Phi) is 3.19. The Morgan fingerprint density at radius 2 is 1.80 bits per heavy atom. The fourth-order valence-corrected chi connectivity index (χ4v) is 1.33. The van der Waals surface area contributed by atoms with E-state index in [0.29, 0.717) is 5.56 Å². The van der Waals surface area contributed by atoms with E-state index in [2.05, 4.69) is 0 Å². The van der Waals surface area contributed by atoms with Crippen molar-refractivity contribution in [3.05, 3.63) is 23.8 Å². The van der Waals surface area contributed by atoms with E-state index in [1.54, 1.807) is 19.9 Å². The van der Waals surface area contributed by atoms with Gasteiger partial charge in [-0.1, -0.05) is 19.9 Å². The third-order valence-electron chi connectivity index (χ3n) is 2.66. The topological polar surface area (TPSA) is 77.8 Å². The predicted molar refractivity (Wildman–Crippen MR) is 55.0 cm³/mol. The largest absolute Gasteiger partial charge is 0.504 e. The Bertz CT molecular complexity index is 373. The van der Waals surface area contributed by atoms with Gasteiger partial charge in [-0.3, -0.25) is 4.79 Å². The molecule has 0 heterocycles. The van der Waals surface area contributed by atoms with Crippen LogP contribution in [0.4, 0.5) is 0 Å². The molecule has 1 rings (SSSR count). The number of aliphatic carboxylic acids is 1. The van der Waals surface area contributed by atoms with Gasteiger partial charge in [0.05, 0.1) is 5.92 Å². The Labute approximate surface area is 87.8 Å². The molecule has 0 aliphatic carbocycles. The first-order chi connectivity index (χ1) is 6.93. The summed E-state index contributed by atoms with van der Waals surface area (Å²) >= 11 is 0. The molecular weight excluding hydrogens is 196 g/mol. The minimum atomic E-state index is -0.880. The standard InChI is InChI=1S/C11H14O4/c1-6(7(2)11(14)15)8-3-4-9(12)10(13)5-8/h3-7,12-13H,1-2H3,(H,14,15). The molecule has 82 valence electrons. The number of aromatic hydroxyl groups is 2. The van der Waals surface area contributed by atoms with Crippen molar-refractivity contribution in [1.82, 2.24) is 0 Å².